The maximum Gasteiger partial charge on any atom is 0.255 e. The summed E-state index contributed by atoms with van der Waals surface area (Å²) < 4.78 is 38.3. The molecule has 3 aromatic carbocycles. The van der Waals surface area contributed by atoms with Gasteiger partial charge in [0.2, 0.25) is 10.0 Å². The molecule has 0 spiro atoms. The molecule has 3 rings (SSSR count). The first-order chi connectivity index (χ1) is 15.9. The van der Waals surface area contributed by atoms with E-state index in [9.17, 15) is 13.2 Å². The lowest BCUT2D eigenvalue weighted by Gasteiger charge is -2.20. The van der Waals surface area contributed by atoms with Crippen molar-refractivity contribution in [2.24, 2.45) is 0 Å². The van der Waals surface area contributed by atoms with Crippen molar-refractivity contribution in [1.82, 2.24) is 4.31 Å². The number of methoxy groups -OCH3 is 1. The van der Waals surface area contributed by atoms with Crippen molar-refractivity contribution in [3.63, 3.8) is 0 Å². The van der Waals surface area contributed by atoms with Gasteiger partial charge in [-0.2, -0.15) is 4.31 Å². The summed E-state index contributed by atoms with van der Waals surface area (Å²) in [4.78, 5) is 12.8. The van der Waals surface area contributed by atoms with E-state index in [4.69, 9.17) is 9.47 Å². The number of ether oxygens (including phenoxy) is 2. The molecule has 8 heteroatoms. The van der Waals surface area contributed by atoms with E-state index in [2.05, 4.69) is 5.32 Å². The number of carbonyl (C=O) groups excluding carboxylic acids is 1. The summed E-state index contributed by atoms with van der Waals surface area (Å²) >= 11 is 0. The van der Waals surface area contributed by atoms with Gasteiger partial charge < -0.3 is 14.8 Å². The minimum Gasteiger partial charge on any atom is -0.495 e. The van der Waals surface area contributed by atoms with E-state index >= 15 is 0 Å². The third kappa shape index (κ3) is 5.91. The van der Waals surface area contributed by atoms with Crippen molar-refractivity contribution >= 4 is 21.6 Å². The zero-order valence-corrected chi connectivity index (χ0v) is 19.8. The highest BCUT2D eigenvalue weighted by Crippen LogP contribution is 2.28. The van der Waals surface area contributed by atoms with Gasteiger partial charge in [0.1, 0.15) is 23.0 Å². The molecule has 0 fully saturated rings. The number of nitrogens with one attached hydrogen (secondary N) is 1. The monoisotopic (exact) mass is 468 g/mol. The fourth-order valence-corrected chi connectivity index (χ4v) is 4.94. The molecule has 33 heavy (non-hydrogen) atoms. The Labute approximate surface area is 195 Å². The lowest BCUT2D eigenvalue weighted by Crippen LogP contribution is -2.31. The largest absolute Gasteiger partial charge is 0.495 e. The van der Waals surface area contributed by atoms with Crippen LogP contribution in [0.3, 0.4) is 0 Å². The second kappa shape index (κ2) is 11.0. The predicted octanol–water partition coefficient (Wildman–Crippen LogP) is 4.56. The minimum atomic E-state index is -3.80. The summed E-state index contributed by atoms with van der Waals surface area (Å²) in [5.74, 6) is 0.443. The lowest BCUT2D eigenvalue weighted by atomic mass is 10.2. The smallest absolute Gasteiger partial charge is 0.255 e. The zero-order chi connectivity index (χ0) is 23.8. The summed E-state index contributed by atoms with van der Waals surface area (Å²) in [6.07, 6.45) is 0. The van der Waals surface area contributed by atoms with Crippen molar-refractivity contribution in [2.45, 2.75) is 25.3 Å². The second-order valence-corrected chi connectivity index (χ2v) is 9.11. The number of hydrogen-bond donors (Lipinski definition) is 1. The van der Waals surface area contributed by atoms with E-state index in [0.717, 1.165) is 5.56 Å². The van der Waals surface area contributed by atoms with E-state index < -0.39 is 15.9 Å². The Kier molecular flexibility index (Phi) is 8.08. The summed E-state index contributed by atoms with van der Waals surface area (Å²) in [6.45, 7) is 4.60. The molecule has 0 saturated heterocycles. The standard InChI is InChI=1S/C25H28N2O5S/c1-4-27(5-2)33(29,30)24-17-20(11-16-23(24)31-3)25(28)26-21-12-14-22(15-13-21)32-18-19-9-7-6-8-10-19/h6-17H,4-5,18H2,1-3H3,(H,26,28). The van der Waals surface area contributed by atoms with Crippen molar-refractivity contribution < 1.29 is 22.7 Å². The number of rotatable bonds is 10. The molecule has 1 N–H and O–H groups in total. The van der Waals surface area contributed by atoms with Crippen molar-refractivity contribution in [3.05, 3.63) is 83.9 Å². The van der Waals surface area contributed by atoms with Crippen LogP contribution in [0.2, 0.25) is 0 Å². The summed E-state index contributed by atoms with van der Waals surface area (Å²) in [5.41, 5.74) is 1.84. The molecule has 1 amide bonds. The molecular weight excluding hydrogens is 440 g/mol. The van der Waals surface area contributed by atoms with Gasteiger partial charge in [0.25, 0.3) is 5.91 Å². The SMILES string of the molecule is CCN(CC)S(=O)(=O)c1cc(C(=O)Nc2ccc(OCc3ccccc3)cc2)ccc1OC. The molecule has 0 radical (unpaired) electrons. The van der Waals surface area contributed by atoms with E-state index in [1.165, 1.54) is 29.6 Å². The first-order valence-electron chi connectivity index (χ1n) is 10.6. The highest BCUT2D eigenvalue weighted by Gasteiger charge is 2.26. The van der Waals surface area contributed by atoms with Gasteiger partial charge >= 0.3 is 0 Å². The number of anilines is 1. The average Bonchev–Trinajstić information content (AvgIpc) is 2.84. The molecule has 0 aromatic heterocycles. The van der Waals surface area contributed by atoms with Gasteiger partial charge in [-0.15, -0.1) is 0 Å². The highest BCUT2D eigenvalue weighted by molar-refractivity contribution is 7.89. The van der Waals surface area contributed by atoms with Gasteiger partial charge in [0, 0.05) is 24.3 Å². The quantitative estimate of drug-likeness (QED) is 0.472. The molecule has 0 aliphatic rings. The minimum absolute atomic E-state index is 0.0361. The summed E-state index contributed by atoms with van der Waals surface area (Å²) in [7, 11) is -2.40. The average molecular weight is 469 g/mol. The molecule has 0 unspecified atom stereocenters. The van der Waals surface area contributed by atoms with Gasteiger partial charge in [-0.25, -0.2) is 8.42 Å². The van der Waals surface area contributed by atoms with Gasteiger partial charge in [-0.1, -0.05) is 44.2 Å². The molecule has 3 aromatic rings. The van der Waals surface area contributed by atoms with Crippen LogP contribution in [0.25, 0.3) is 0 Å². The van der Waals surface area contributed by atoms with Crippen LogP contribution in [-0.4, -0.2) is 38.8 Å². The summed E-state index contributed by atoms with van der Waals surface area (Å²) in [6, 6.07) is 21.2. The molecule has 0 aliphatic heterocycles. The van der Waals surface area contributed by atoms with E-state index in [1.807, 2.05) is 30.3 Å². The number of carbonyl (C=O) groups is 1. The topological polar surface area (TPSA) is 84.9 Å². The van der Waals surface area contributed by atoms with Crippen LogP contribution < -0.4 is 14.8 Å². The molecule has 174 valence electrons. The van der Waals surface area contributed by atoms with Gasteiger partial charge in [-0.3, -0.25) is 4.79 Å². The van der Waals surface area contributed by atoms with Crippen LogP contribution in [0.15, 0.2) is 77.7 Å². The van der Waals surface area contributed by atoms with Crippen LogP contribution in [0, 0.1) is 0 Å². The summed E-state index contributed by atoms with van der Waals surface area (Å²) in [5, 5.41) is 2.79. The molecule has 0 aliphatic carbocycles. The maximum absolute atomic E-state index is 13.0. The lowest BCUT2D eigenvalue weighted by molar-refractivity contribution is 0.102. The fraction of sp³-hybridized carbons (Fsp3) is 0.240. The first kappa shape index (κ1) is 24.3. The maximum atomic E-state index is 13.0. The molecule has 0 atom stereocenters. The predicted molar refractivity (Wildman–Crippen MR) is 128 cm³/mol. The van der Waals surface area contributed by atoms with Crippen molar-refractivity contribution in [3.8, 4) is 11.5 Å². The Morgan fingerprint density at radius 3 is 2.21 bits per heavy atom. The van der Waals surface area contributed by atoms with E-state index in [-0.39, 0.29) is 16.2 Å². The number of hydrogen-bond acceptors (Lipinski definition) is 5. The molecule has 0 saturated carbocycles. The molecular formula is C25H28N2O5S. The Morgan fingerprint density at radius 1 is 0.939 bits per heavy atom. The van der Waals surface area contributed by atoms with Gasteiger partial charge in [0.15, 0.2) is 0 Å². The molecule has 0 heterocycles. The third-order valence-electron chi connectivity index (χ3n) is 5.11. The number of amides is 1. The highest BCUT2D eigenvalue weighted by atomic mass is 32.2. The van der Waals surface area contributed by atoms with Crippen molar-refractivity contribution in [1.29, 1.82) is 0 Å². The van der Waals surface area contributed by atoms with Crippen molar-refractivity contribution in [2.75, 3.05) is 25.5 Å². The van der Waals surface area contributed by atoms with Gasteiger partial charge in [-0.05, 0) is 48.0 Å². The number of sulfonamides is 1. The zero-order valence-electron chi connectivity index (χ0n) is 18.9. The Hall–Kier alpha value is -3.36. The van der Waals surface area contributed by atoms with E-state index in [0.29, 0.717) is 31.1 Å². The second-order valence-electron chi connectivity index (χ2n) is 7.21. The van der Waals surface area contributed by atoms with Gasteiger partial charge in [0.05, 0.1) is 7.11 Å². The van der Waals surface area contributed by atoms with Crippen LogP contribution in [0.4, 0.5) is 5.69 Å². The molecule has 0 bridgehead atoms. The van der Waals surface area contributed by atoms with Crippen LogP contribution >= 0.6 is 0 Å². The first-order valence-corrected chi connectivity index (χ1v) is 12.1. The Morgan fingerprint density at radius 2 is 1.61 bits per heavy atom. The Balaban J connectivity index is 1.73. The third-order valence-corrected chi connectivity index (χ3v) is 7.18. The normalized spacial score (nSPS) is 11.3. The van der Waals surface area contributed by atoms with E-state index in [1.54, 1.807) is 38.1 Å². The van der Waals surface area contributed by atoms with Crippen LogP contribution in [0.5, 0.6) is 11.5 Å². The molecule has 7 nitrogen and oxygen atoms in total. The number of nitrogens with zero attached hydrogens (tertiary/aromatic N) is 1. The fourth-order valence-electron chi connectivity index (χ4n) is 3.30. The Bertz CT molecular complexity index is 1180. The van der Waals surface area contributed by atoms with Crippen LogP contribution in [0.1, 0.15) is 29.8 Å². The van der Waals surface area contributed by atoms with Crippen LogP contribution in [-0.2, 0) is 16.6 Å². The number of benzene rings is 3.